The van der Waals surface area contributed by atoms with Gasteiger partial charge in [0.15, 0.2) is 0 Å². The van der Waals surface area contributed by atoms with Gasteiger partial charge in [-0.05, 0) is 12.3 Å². The van der Waals surface area contributed by atoms with Crippen molar-refractivity contribution in [2.24, 2.45) is 5.73 Å². The molecule has 0 aliphatic carbocycles. The average Bonchev–Trinajstić information content (AvgIpc) is 1.35. The van der Waals surface area contributed by atoms with E-state index in [0.29, 0.717) is 0 Å². The van der Waals surface area contributed by atoms with Crippen molar-refractivity contribution in [3.05, 3.63) is 12.3 Å². The first kappa shape index (κ1) is 5.01. The van der Waals surface area contributed by atoms with Gasteiger partial charge in [0.25, 0.3) is 0 Å². The lowest BCUT2D eigenvalue weighted by Gasteiger charge is -1.83. The molecule has 0 atom stereocenters. The molecule has 0 aromatic carbocycles. The highest BCUT2D eigenvalue weighted by molar-refractivity contribution is 5.77. The normalized spacial score (nSPS) is 9.33. The van der Waals surface area contributed by atoms with Crippen LogP contribution < -0.4 is 10.8 Å². The third-order valence-corrected chi connectivity index (χ3v) is 0.232. The Hall–Kier alpha value is -0.990. The summed E-state index contributed by atoms with van der Waals surface area (Å²) in [4.78, 5) is 9.32. The van der Waals surface area contributed by atoms with E-state index < -0.39 is 5.97 Å². The summed E-state index contributed by atoms with van der Waals surface area (Å²) in [5, 5.41) is 9.32. The van der Waals surface area contributed by atoms with Gasteiger partial charge in [-0.2, -0.15) is 0 Å². The van der Waals surface area contributed by atoms with Crippen molar-refractivity contribution in [1.29, 1.82) is 0 Å². The minimum Gasteiger partial charge on any atom is -0.545 e. The van der Waals surface area contributed by atoms with E-state index in [0.717, 1.165) is 12.3 Å². The van der Waals surface area contributed by atoms with Crippen LogP contribution in [-0.4, -0.2) is 5.97 Å². The maximum atomic E-state index is 9.32. The number of carbonyl (C=O) groups is 1. The van der Waals surface area contributed by atoms with Crippen LogP contribution in [-0.2, 0) is 4.79 Å². The second-order valence-corrected chi connectivity index (χ2v) is 0.678. The second kappa shape index (κ2) is 2.26. The monoisotopic (exact) mass is 86.0 g/mol. The Labute approximate surface area is 35.1 Å². The molecule has 0 bridgehead atoms. The molecule has 0 saturated heterocycles. The molecule has 0 rings (SSSR count). The molecule has 0 amide bonds. The summed E-state index contributed by atoms with van der Waals surface area (Å²) in [5.41, 5.74) is 4.63. The molecule has 0 fully saturated rings. The molecule has 0 spiro atoms. The average molecular weight is 86.1 g/mol. The molecule has 0 saturated carbocycles. The first-order chi connectivity index (χ1) is 2.77. The van der Waals surface area contributed by atoms with Crippen LogP contribution in [0.3, 0.4) is 0 Å². The fourth-order valence-corrected chi connectivity index (χ4v) is 0.0786. The summed E-state index contributed by atoms with van der Waals surface area (Å²) in [6.45, 7) is 0. The Morgan fingerprint density at radius 2 is 2.33 bits per heavy atom. The van der Waals surface area contributed by atoms with Gasteiger partial charge >= 0.3 is 0 Å². The van der Waals surface area contributed by atoms with Crippen molar-refractivity contribution in [3.63, 3.8) is 0 Å². The first-order valence-electron chi connectivity index (χ1n) is 1.36. The van der Waals surface area contributed by atoms with Crippen molar-refractivity contribution < 1.29 is 9.90 Å². The van der Waals surface area contributed by atoms with Gasteiger partial charge in [-0.25, -0.2) is 0 Å². The van der Waals surface area contributed by atoms with E-state index in [1.807, 2.05) is 0 Å². The predicted molar refractivity (Wildman–Crippen MR) is 18.3 cm³/mol. The molecule has 0 aromatic heterocycles. The van der Waals surface area contributed by atoms with Gasteiger partial charge in [0.05, 0.1) is 5.97 Å². The first-order valence-corrected chi connectivity index (χ1v) is 1.36. The molecule has 3 nitrogen and oxygen atoms in total. The maximum absolute atomic E-state index is 9.32. The third-order valence-electron chi connectivity index (χ3n) is 0.232. The molecule has 2 N–H and O–H groups in total. The summed E-state index contributed by atoms with van der Waals surface area (Å²) < 4.78 is 0. The van der Waals surface area contributed by atoms with Crippen LogP contribution in [0.4, 0.5) is 0 Å². The minimum atomic E-state index is -1.27. The number of carboxylic acids is 1. The minimum absolute atomic E-state index is 0.750. The SMILES string of the molecule is N/C=C\C(=O)[O-]. The van der Waals surface area contributed by atoms with Crippen LogP contribution >= 0.6 is 0 Å². The standard InChI is InChI=1S/C3H5NO2/c4-2-1-3(5)6/h1-2H,4H2,(H,5,6)/p-1/b2-1-. The molecule has 0 heterocycles. The summed E-state index contributed by atoms with van der Waals surface area (Å²) in [7, 11) is 0. The van der Waals surface area contributed by atoms with E-state index in [9.17, 15) is 9.90 Å². The molecule has 6 heavy (non-hydrogen) atoms. The topological polar surface area (TPSA) is 66.2 Å². The molecule has 0 radical (unpaired) electrons. The van der Waals surface area contributed by atoms with E-state index in [1.54, 1.807) is 0 Å². The van der Waals surface area contributed by atoms with E-state index in [4.69, 9.17) is 0 Å². The van der Waals surface area contributed by atoms with Gasteiger partial charge in [-0.1, -0.05) is 0 Å². The summed E-state index contributed by atoms with van der Waals surface area (Å²) in [5.74, 6) is -1.27. The number of nitrogens with two attached hydrogens (primary N) is 1. The maximum Gasteiger partial charge on any atom is 0.0657 e. The predicted octanol–water partition coefficient (Wildman–Crippen LogP) is -1.79. The van der Waals surface area contributed by atoms with Gasteiger partial charge < -0.3 is 15.6 Å². The van der Waals surface area contributed by atoms with Gasteiger partial charge in [0.1, 0.15) is 0 Å². The van der Waals surface area contributed by atoms with Crippen molar-refractivity contribution >= 4 is 5.97 Å². The quantitative estimate of drug-likeness (QED) is 0.383. The van der Waals surface area contributed by atoms with Crippen LogP contribution in [0.2, 0.25) is 0 Å². The highest BCUT2D eigenvalue weighted by Crippen LogP contribution is 1.53. The Balaban J connectivity index is 3.30. The Morgan fingerprint density at radius 3 is 2.33 bits per heavy atom. The number of rotatable bonds is 1. The zero-order valence-electron chi connectivity index (χ0n) is 3.05. The number of aliphatic carboxylic acids is 1. The van der Waals surface area contributed by atoms with E-state index in [-0.39, 0.29) is 0 Å². The zero-order chi connectivity index (χ0) is 4.99. The summed E-state index contributed by atoms with van der Waals surface area (Å²) >= 11 is 0. The Bertz CT molecular complexity index is 76.9. The molecule has 34 valence electrons. The van der Waals surface area contributed by atoms with Crippen LogP contribution in [0.25, 0.3) is 0 Å². The Morgan fingerprint density at radius 1 is 1.83 bits per heavy atom. The smallest absolute Gasteiger partial charge is 0.0657 e. The summed E-state index contributed by atoms with van der Waals surface area (Å²) in [6.07, 6.45) is 1.66. The van der Waals surface area contributed by atoms with E-state index in [2.05, 4.69) is 5.73 Å². The largest absolute Gasteiger partial charge is 0.545 e. The second-order valence-electron chi connectivity index (χ2n) is 0.678. The summed E-state index contributed by atoms with van der Waals surface area (Å²) in [6, 6.07) is 0. The lowest BCUT2D eigenvalue weighted by atomic mass is 10.6. The van der Waals surface area contributed by atoms with E-state index >= 15 is 0 Å². The van der Waals surface area contributed by atoms with Crippen molar-refractivity contribution in [2.45, 2.75) is 0 Å². The highest BCUT2D eigenvalue weighted by atomic mass is 16.4. The fourth-order valence-electron chi connectivity index (χ4n) is 0.0786. The highest BCUT2D eigenvalue weighted by Gasteiger charge is 1.61. The van der Waals surface area contributed by atoms with Gasteiger partial charge in [0, 0.05) is 0 Å². The number of hydrogen-bond acceptors (Lipinski definition) is 3. The van der Waals surface area contributed by atoms with Gasteiger partial charge in [0.2, 0.25) is 0 Å². The third kappa shape index (κ3) is 3.01. The van der Waals surface area contributed by atoms with Crippen LogP contribution in [0.15, 0.2) is 12.3 Å². The van der Waals surface area contributed by atoms with Gasteiger partial charge in [-0.3, -0.25) is 0 Å². The van der Waals surface area contributed by atoms with Crippen LogP contribution in [0.5, 0.6) is 0 Å². The number of carboxylic acid groups (broad SMARTS) is 1. The molecule has 0 aromatic rings. The van der Waals surface area contributed by atoms with E-state index in [1.165, 1.54) is 0 Å². The molecule has 0 unspecified atom stereocenters. The number of carbonyl (C=O) groups excluding carboxylic acids is 1. The van der Waals surface area contributed by atoms with Crippen molar-refractivity contribution in [1.82, 2.24) is 0 Å². The van der Waals surface area contributed by atoms with Gasteiger partial charge in [-0.15, -0.1) is 0 Å². The fraction of sp³-hybridized carbons (Fsp3) is 0. The van der Waals surface area contributed by atoms with Crippen LogP contribution in [0, 0.1) is 0 Å². The lowest BCUT2D eigenvalue weighted by Crippen LogP contribution is -2.19. The molecule has 0 aliphatic rings. The lowest BCUT2D eigenvalue weighted by molar-refractivity contribution is -0.297. The van der Waals surface area contributed by atoms with Crippen molar-refractivity contribution in [2.75, 3.05) is 0 Å². The molecular formula is C3H4NO2-. The van der Waals surface area contributed by atoms with Crippen molar-refractivity contribution in [3.8, 4) is 0 Å². The Kier molecular flexibility index (Phi) is 1.89. The molecule has 0 aliphatic heterocycles. The molecular weight excluding hydrogens is 82.0 g/mol. The van der Waals surface area contributed by atoms with Crippen LogP contribution in [0.1, 0.15) is 0 Å². The number of hydrogen-bond donors (Lipinski definition) is 1. The molecule has 3 heteroatoms. The zero-order valence-corrected chi connectivity index (χ0v) is 3.05.